The molecule has 2 rings (SSSR count). The van der Waals surface area contributed by atoms with E-state index in [9.17, 15) is 4.79 Å². The maximum absolute atomic E-state index is 12.5. The number of hydrogen-bond acceptors (Lipinski definition) is 3. The Morgan fingerprint density at radius 2 is 1.92 bits per heavy atom. The van der Waals surface area contributed by atoms with Gasteiger partial charge in [-0.1, -0.05) is 45.0 Å². The third-order valence-corrected chi connectivity index (χ3v) is 4.05. The van der Waals surface area contributed by atoms with Crippen molar-refractivity contribution in [3.05, 3.63) is 59.4 Å². The van der Waals surface area contributed by atoms with Gasteiger partial charge in [-0.2, -0.15) is 0 Å². The minimum atomic E-state index is -0.0882. The molecule has 0 spiro atoms. The molecular formula is C20H26N2O2. The van der Waals surface area contributed by atoms with Gasteiger partial charge in [0.1, 0.15) is 5.75 Å². The van der Waals surface area contributed by atoms with Crippen molar-refractivity contribution in [3.8, 4) is 5.75 Å². The minimum absolute atomic E-state index is 0.0316. The number of rotatable bonds is 5. The third kappa shape index (κ3) is 4.57. The summed E-state index contributed by atoms with van der Waals surface area (Å²) in [7, 11) is 1.60. The van der Waals surface area contributed by atoms with E-state index in [1.165, 1.54) is 5.56 Å². The second-order valence-electron chi connectivity index (χ2n) is 7.09. The number of methoxy groups -OCH3 is 1. The average molecular weight is 326 g/mol. The minimum Gasteiger partial charge on any atom is -0.495 e. The molecule has 24 heavy (non-hydrogen) atoms. The van der Waals surface area contributed by atoms with Gasteiger partial charge < -0.3 is 10.1 Å². The van der Waals surface area contributed by atoms with Crippen molar-refractivity contribution in [2.75, 3.05) is 7.11 Å². The van der Waals surface area contributed by atoms with Crippen LogP contribution in [0.4, 0.5) is 0 Å². The molecule has 0 fully saturated rings. The molecule has 0 aliphatic heterocycles. The van der Waals surface area contributed by atoms with E-state index in [-0.39, 0.29) is 23.8 Å². The van der Waals surface area contributed by atoms with Crippen LogP contribution in [0.15, 0.2) is 42.6 Å². The molecule has 1 amide bonds. The zero-order chi connectivity index (χ0) is 17.7. The van der Waals surface area contributed by atoms with Crippen molar-refractivity contribution >= 4 is 5.91 Å². The first-order valence-corrected chi connectivity index (χ1v) is 8.15. The highest BCUT2D eigenvalue weighted by Crippen LogP contribution is 2.34. The van der Waals surface area contributed by atoms with Gasteiger partial charge in [0.05, 0.1) is 25.8 Å². The highest BCUT2D eigenvalue weighted by molar-refractivity contribution is 5.78. The van der Waals surface area contributed by atoms with Crippen LogP contribution in [0.1, 0.15) is 43.6 Å². The molecule has 0 aliphatic carbocycles. The van der Waals surface area contributed by atoms with Crippen molar-refractivity contribution in [1.29, 1.82) is 0 Å². The van der Waals surface area contributed by atoms with Gasteiger partial charge in [0.25, 0.3) is 0 Å². The fourth-order valence-corrected chi connectivity index (χ4v) is 2.68. The van der Waals surface area contributed by atoms with Crippen LogP contribution in [0.5, 0.6) is 5.75 Å². The van der Waals surface area contributed by atoms with Gasteiger partial charge in [-0.05, 0) is 35.6 Å². The number of pyridine rings is 1. The smallest absolute Gasteiger partial charge is 0.226 e. The van der Waals surface area contributed by atoms with Crippen LogP contribution < -0.4 is 10.1 Å². The highest BCUT2D eigenvalue weighted by atomic mass is 16.5. The van der Waals surface area contributed by atoms with Crippen LogP contribution in [0.2, 0.25) is 0 Å². The summed E-state index contributed by atoms with van der Waals surface area (Å²) in [6, 6.07) is 11.8. The van der Waals surface area contributed by atoms with E-state index in [2.05, 4.69) is 50.1 Å². The third-order valence-electron chi connectivity index (χ3n) is 4.05. The van der Waals surface area contributed by atoms with E-state index in [0.717, 1.165) is 11.3 Å². The fourth-order valence-electron chi connectivity index (χ4n) is 2.68. The predicted molar refractivity (Wildman–Crippen MR) is 96.0 cm³/mol. The maximum Gasteiger partial charge on any atom is 0.226 e. The van der Waals surface area contributed by atoms with Crippen molar-refractivity contribution in [2.24, 2.45) is 5.41 Å². The lowest BCUT2D eigenvalue weighted by Crippen LogP contribution is -2.38. The average Bonchev–Trinajstić information content (AvgIpc) is 2.53. The molecule has 1 aromatic carbocycles. The van der Waals surface area contributed by atoms with Crippen molar-refractivity contribution in [2.45, 2.75) is 40.2 Å². The Hall–Kier alpha value is -2.36. The summed E-state index contributed by atoms with van der Waals surface area (Å²) in [6.07, 6.45) is 1.88. The molecule has 4 heteroatoms. The van der Waals surface area contributed by atoms with E-state index < -0.39 is 0 Å². The molecule has 128 valence electrons. The molecule has 1 heterocycles. The molecule has 0 aliphatic rings. The zero-order valence-corrected chi connectivity index (χ0v) is 15.1. The molecular weight excluding hydrogens is 300 g/mol. The zero-order valence-electron chi connectivity index (χ0n) is 15.1. The van der Waals surface area contributed by atoms with Gasteiger partial charge in [0, 0.05) is 5.69 Å². The topological polar surface area (TPSA) is 51.2 Å². The van der Waals surface area contributed by atoms with Crippen LogP contribution in [-0.4, -0.2) is 18.0 Å². The van der Waals surface area contributed by atoms with E-state index in [4.69, 9.17) is 4.74 Å². The first-order valence-electron chi connectivity index (χ1n) is 8.15. The van der Waals surface area contributed by atoms with Crippen molar-refractivity contribution < 1.29 is 9.53 Å². The summed E-state index contributed by atoms with van der Waals surface area (Å²) in [5, 5.41) is 3.18. The number of aryl methyl sites for hydroxylation is 1. The number of ether oxygens (including phenoxy) is 1. The summed E-state index contributed by atoms with van der Waals surface area (Å²) in [5.74, 6) is 0.655. The monoisotopic (exact) mass is 326 g/mol. The molecule has 1 atom stereocenters. The van der Waals surface area contributed by atoms with E-state index in [1.54, 1.807) is 13.3 Å². The molecule has 0 saturated heterocycles. The molecule has 0 unspecified atom stereocenters. The van der Waals surface area contributed by atoms with Crippen LogP contribution in [0.25, 0.3) is 0 Å². The number of nitrogens with zero attached hydrogens (tertiary/aromatic N) is 1. The lowest BCUT2D eigenvalue weighted by Gasteiger charge is -2.33. The first-order chi connectivity index (χ1) is 11.3. The molecule has 0 bridgehead atoms. The molecule has 1 aromatic heterocycles. The van der Waals surface area contributed by atoms with Crippen LogP contribution >= 0.6 is 0 Å². The SMILES string of the molecule is COc1ccc(CC(=O)N[C@@H](c2ccccc2C)C(C)(C)C)nc1. The lowest BCUT2D eigenvalue weighted by molar-refractivity contribution is -0.122. The molecule has 2 aromatic rings. The first kappa shape index (κ1) is 18.0. The summed E-state index contributed by atoms with van der Waals surface area (Å²) in [6.45, 7) is 8.48. The fraction of sp³-hybridized carbons (Fsp3) is 0.400. The van der Waals surface area contributed by atoms with Gasteiger partial charge in [-0.15, -0.1) is 0 Å². The largest absolute Gasteiger partial charge is 0.495 e. The van der Waals surface area contributed by atoms with E-state index in [0.29, 0.717) is 5.75 Å². The van der Waals surface area contributed by atoms with Crippen molar-refractivity contribution in [3.63, 3.8) is 0 Å². The lowest BCUT2D eigenvalue weighted by atomic mass is 9.80. The Bertz CT molecular complexity index is 688. The van der Waals surface area contributed by atoms with E-state index in [1.807, 2.05) is 24.3 Å². The van der Waals surface area contributed by atoms with Crippen LogP contribution in [0, 0.1) is 12.3 Å². The van der Waals surface area contributed by atoms with Gasteiger partial charge in [0.2, 0.25) is 5.91 Å². The Kier molecular flexibility index (Phi) is 5.60. The highest BCUT2D eigenvalue weighted by Gasteiger charge is 2.28. The second-order valence-corrected chi connectivity index (χ2v) is 7.09. The van der Waals surface area contributed by atoms with Gasteiger partial charge in [-0.3, -0.25) is 9.78 Å². The number of carbonyl (C=O) groups excluding carboxylic acids is 1. The number of nitrogens with one attached hydrogen (secondary N) is 1. The summed E-state index contributed by atoms with van der Waals surface area (Å²) >= 11 is 0. The van der Waals surface area contributed by atoms with Crippen LogP contribution in [-0.2, 0) is 11.2 Å². The Balaban J connectivity index is 2.14. The number of carbonyl (C=O) groups is 1. The van der Waals surface area contributed by atoms with Gasteiger partial charge in [-0.25, -0.2) is 0 Å². The predicted octanol–water partition coefficient (Wildman–Crippen LogP) is 3.84. The second kappa shape index (κ2) is 7.47. The number of hydrogen-bond donors (Lipinski definition) is 1. The Morgan fingerprint density at radius 3 is 2.46 bits per heavy atom. The number of benzene rings is 1. The summed E-state index contributed by atoms with van der Waals surface area (Å²) in [4.78, 5) is 16.8. The van der Waals surface area contributed by atoms with Crippen LogP contribution in [0.3, 0.4) is 0 Å². The molecule has 1 N–H and O–H groups in total. The quantitative estimate of drug-likeness (QED) is 0.908. The maximum atomic E-state index is 12.5. The standard InChI is InChI=1S/C20H26N2O2/c1-14-8-6-7-9-17(14)19(20(2,3)4)22-18(23)12-15-10-11-16(24-5)13-21-15/h6-11,13,19H,12H2,1-5H3,(H,22,23)/t19-/m0/s1. The molecule has 0 radical (unpaired) electrons. The molecule has 4 nitrogen and oxygen atoms in total. The Morgan fingerprint density at radius 1 is 1.21 bits per heavy atom. The van der Waals surface area contributed by atoms with Crippen molar-refractivity contribution in [1.82, 2.24) is 10.3 Å². The normalized spacial score (nSPS) is 12.5. The van der Waals surface area contributed by atoms with Gasteiger partial charge >= 0.3 is 0 Å². The Labute approximate surface area is 144 Å². The summed E-state index contributed by atoms with van der Waals surface area (Å²) in [5.41, 5.74) is 2.97. The number of aromatic nitrogens is 1. The molecule has 0 saturated carbocycles. The van der Waals surface area contributed by atoms with Gasteiger partial charge in [0.15, 0.2) is 0 Å². The van der Waals surface area contributed by atoms with E-state index >= 15 is 0 Å². The number of amides is 1. The summed E-state index contributed by atoms with van der Waals surface area (Å²) < 4.78 is 5.09.